The Balaban J connectivity index is 2.12. The van der Waals surface area contributed by atoms with Gasteiger partial charge in [-0.05, 0) is 11.6 Å². The van der Waals surface area contributed by atoms with Gasteiger partial charge in [-0.3, -0.25) is 4.79 Å². The first-order valence-corrected chi connectivity index (χ1v) is 6.00. The standard InChI is InChI=1S/C15H16O4/c1-19-15(18)9-7-12(8-10-15)14(17)13(16)11-5-3-2-4-6-11/h2-9,14,17-18H,10H2,1H3. The number of ether oxygens (including phenoxy) is 1. The smallest absolute Gasteiger partial charge is 0.195 e. The molecule has 1 aromatic carbocycles. The van der Waals surface area contributed by atoms with Gasteiger partial charge in [-0.1, -0.05) is 42.5 Å². The van der Waals surface area contributed by atoms with Crippen molar-refractivity contribution in [2.24, 2.45) is 0 Å². The van der Waals surface area contributed by atoms with Gasteiger partial charge >= 0.3 is 0 Å². The summed E-state index contributed by atoms with van der Waals surface area (Å²) in [5.74, 6) is -1.71. The molecule has 100 valence electrons. The van der Waals surface area contributed by atoms with Crippen LogP contribution in [0.3, 0.4) is 0 Å². The summed E-state index contributed by atoms with van der Waals surface area (Å²) in [6, 6.07) is 8.61. The van der Waals surface area contributed by atoms with E-state index in [2.05, 4.69) is 0 Å². The van der Waals surface area contributed by atoms with Gasteiger partial charge in [0.05, 0.1) is 0 Å². The highest BCUT2D eigenvalue weighted by Gasteiger charge is 2.28. The van der Waals surface area contributed by atoms with Gasteiger partial charge in [0.1, 0.15) is 6.10 Å². The average Bonchev–Trinajstić information content (AvgIpc) is 2.47. The molecule has 4 nitrogen and oxygen atoms in total. The second-order valence-corrected chi connectivity index (χ2v) is 4.42. The molecule has 2 rings (SSSR count). The molecule has 0 aliphatic heterocycles. The highest BCUT2D eigenvalue weighted by Crippen LogP contribution is 2.24. The van der Waals surface area contributed by atoms with Crippen LogP contribution in [0.1, 0.15) is 16.8 Å². The quantitative estimate of drug-likeness (QED) is 0.635. The summed E-state index contributed by atoms with van der Waals surface area (Å²) in [6.07, 6.45) is 3.53. The van der Waals surface area contributed by atoms with Crippen LogP contribution in [0.15, 0.2) is 54.1 Å². The zero-order chi connectivity index (χ0) is 13.9. The number of rotatable bonds is 4. The van der Waals surface area contributed by atoms with Gasteiger partial charge in [0.25, 0.3) is 0 Å². The zero-order valence-corrected chi connectivity index (χ0v) is 10.6. The fourth-order valence-electron chi connectivity index (χ4n) is 1.89. The van der Waals surface area contributed by atoms with Crippen molar-refractivity contribution in [1.82, 2.24) is 0 Å². The van der Waals surface area contributed by atoms with Gasteiger partial charge in [-0.15, -0.1) is 0 Å². The average molecular weight is 260 g/mol. The van der Waals surface area contributed by atoms with E-state index in [1.54, 1.807) is 30.3 Å². The van der Waals surface area contributed by atoms with Crippen LogP contribution < -0.4 is 0 Å². The lowest BCUT2D eigenvalue weighted by atomic mass is 9.94. The molecular formula is C15H16O4. The lowest BCUT2D eigenvalue weighted by Crippen LogP contribution is -2.31. The Morgan fingerprint density at radius 3 is 2.58 bits per heavy atom. The van der Waals surface area contributed by atoms with E-state index < -0.39 is 11.9 Å². The van der Waals surface area contributed by atoms with E-state index in [0.717, 1.165) is 0 Å². The molecule has 19 heavy (non-hydrogen) atoms. The van der Waals surface area contributed by atoms with Crippen molar-refractivity contribution in [2.75, 3.05) is 7.11 Å². The SMILES string of the molecule is COC1(O)C=CC(C(O)C(=O)c2ccccc2)=CC1. The molecule has 0 saturated heterocycles. The zero-order valence-electron chi connectivity index (χ0n) is 10.6. The van der Waals surface area contributed by atoms with Crippen LogP contribution in [0.4, 0.5) is 0 Å². The summed E-state index contributed by atoms with van der Waals surface area (Å²) in [5, 5.41) is 19.9. The van der Waals surface area contributed by atoms with Crippen molar-refractivity contribution in [2.45, 2.75) is 18.3 Å². The number of aliphatic hydroxyl groups excluding tert-OH is 1. The maximum atomic E-state index is 12.1. The van der Waals surface area contributed by atoms with Crippen molar-refractivity contribution >= 4 is 5.78 Å². The molecule has 1 aromatic rings. The summed E-state index contributed by atoms with van der Waals surface area (Å²) in [7, 11) is 1.40. The molecule has 2 unspecified atom stereocenters. The van der Waals surface area contributed by atoms with Crippen molar-refractivity contribution in [3.63, 3.8) is 0 Å². The molecule has 0 radical (unpaired) electrons. The molecule has 2 N–H and O–H groups in total. The minimum absolute atomic E-state index is 0.203. The second kappa shape index (κ2) is 5.48. The molecule has 1 aliphatic rings. The van der Waals surface area contributed by atoms with Crippen LogP contribution in [0.25, 0.3) is 0 Å². The van der Waals surface area contributed by atoms with Crippen LogP contribution >= 0.6 is 0 Å². The minimum Gasteiger partial charge on any atom is -0.380 e. The predicted molar refractivity (Wildman–Crippen MR) is 70.6 cm³/mol. The molecule has 0 bridgehead atoms. The van der Waals surface area contributed by atoms with Gasteiger partial charge in [-0.2, -0.15) is 0 Å². The van der Waals surface area contributed by atoms with Crippen LogP contribution in [0.2, 0.25) is 0 Å². The number of aliphatic hydroxyl groups is 2. The van der Waals surface area contributed by atoms with E-state index in [1.165, 1.54) is 19.3 Å². The summed E-state index contributed by atoms with van der Waals surface area (Å²) >= 11 is 0. The number of methoxy groups -OCH3 is 1. The maximum absolute atomic E-state index is 12.1. The fourth-order valence-corrected chi connectivity index (χ4v) is 1.89. The fraction of sp³-hybridized carbons (Fsp3) is 0.267. The monoisotopic (exact) mass is 260 g/mol. The first kappa shape index (κ1) is 13.7. The Bertz CT molecular complexity index is 518. The van der Waals surface area contributed by atoms with Crippen molar-refractivity contribution in [3.8, 4) is 0 Å². The van der Waals surface area contributed by atoms with Crippen molar-refractivity contribution < 1.29 is 19.7 Å². The van der Waals surface area contributed by atoms with Gasteiger partial charge in [0.2, 0.25) is 0 Å². The molecule has 1 aliphatic carbocycles. The maximum Gasteiger partial charge on any atom is 0.195 e. The largest absolute Gasteiger partial charge is 0.380 e. The summed E-state index contributed by atoms with van der Waals surface area (Å²) in [5.41, 5.74) is 0.924. The van der Waals surface area contributed by atoms with Crippen LogP contribution in [-0.4, -0.2) is 35.0 Å². The molecule has 0 fully saturated rings. The first-order valence-electron chi connectivity index (χ1n) is 6.00. The Kier molecular flexibility index (Phi) is 3.95. The van der Waals surface area contributed by atoms with Gasteiger partial charge < -0.3 is 14.9 Å². The van der Waals surface area contributed by atoms with Crippen LogP contribution in [-0.2, 0) is 4.74 Å². The molecule has 0 saturated carbocycles. The molecule has 0 aromatic heterocycles. The van der Waals surface area contributed by atoms with E-state index in [4.69, 9.17) is 4.74 Å². The normalized spacial score (nSPS) is 23.8. The predicted octanol–water partition coefficient (Wildman–Crippen LogP) is 1.45. The number of Topliss-reactive ketones (excluding diaryl/α,β-unsaturated/α-hetero) is 1. The van der Waals surface area contributed by atoms with Crippen LogP contribution in [0, 0.1) is 0 Å². The highest BCUT2D eigenvalue weighted by molar-refractivity contribution is 6.01. The number of hydrogen-bond acceptors (Lipinski definition) is 4. The molecule has 0 amide bonds. The Morgan fingerprint density at radius 1 is 1.37 bits per heavy atom. The summed E-state index contributed by atoms with van der Waals surface area (Å²) in [6.45, 7) is 0. The number of hydrogen-bond donors (Lipinski definition) is 2. The molecule has 4 heteroatoms. The van der Waals surface area contributed by atoms with E-state index in [0.29, 0.717) is 11.1 Å². The van der Waals surface area contributed by atoms with Crippen molar-refractivity contribution in [3.05, 3.63) is 59.7 Å². The molecule has 0 spiro atoms. The Hall–Kier alpha value is -1.75. The second-order valence-electron chi connectivity index (χ2n) is 4.42. The van der Waals surface area contributed by atoms with E-state index in [9.17, 15) is 15.0 Å². The lowest BCUT2D eigenvalue weighted by molar-refractivity contribution is -0.143. The number of ketones is 1. The van der Waals surface area contributed by atoms with Crippen molar-refractivity contribution in [1.29, 1.82) is 0 Å². The van der Waals surface area contributed by atoms with E-state index >= 15 is 0 Å². The first-order chi connectivity index (χ1) is 9.06. The van der Waals surface area contributed by atoms with Gasteiger partial charge in [-0.25, -0.2) is 0 Å². The number of benzene rings is 1. The molecular weight excluding hydrogens is 244 g/mol. The summed E-state index contributed by atoms with van der Waals surface area (Å²) < 4.78 is 4.91. The summed E-state index contributed by atoms with van der Waals surface area (Å²) in [4.78, 5) is 12.1. The third-order valence-corrected chi connectivity index (χ3v) is 3.14. The Labute approximate surface area is 111 Å². The van der Waals surface area contributed by atoms with E-state index in [-0.39, 0.29) is 12.2 Å². The Morgan fingerprint density at radius 2 is 2.05 bits per heavy atom. The topological polar surface area (TPSA) is 66.8 Å². The number of carbonyl (C=O) groups excluding carboxylic acids is 1. The van der Waals surface area contributed by atoms with Gasteiger partial charge in [0, 0.05) is 19.1 Å². The molecule has 0 heterocycles. The highest BCUT2D eigenvalue weighted by atomic mass is 16.6. The van der Waals surface area contributed by atoms with E-state index in [1.807, 2.05) is 6.07 Å². The lowest BCUT2D eigenvalue weighted by Gasteiger charge is -2.25. The van der Waals surface area contributed by atoms with Crippen LogP contribution in [0.5, 0.6) is 0 Å². The molecule has 2 atom stereocenters. The third-order valence-electron chi connectivity index (χ3n) is 3.14. The van der Waals surface area contributed by atoms with Gasteiger partial charge in [0.15, 0.2) is 11.6 Å². The number of carbonyl (C=O) groups is 1. The third kappa shape index (κ3) is 2.98. The minimum atomic E-state index is -1.35.